The summed E-state index contributed by atoms with van der Waals surface area (Å²) in [4.78, 5) is 11.1. The minimum absolute atomic E-state index is 0.171. The van der Waals surface area contributed by atoms with Crippen LogP contribution in [0.15, 0.2) is 16.9 Å². The first-order valence-electron chi connectivity index (χ1n) is 3.27. The molecule has 0 aromatic heterocycles. The van der Waals surface area contributed by atoms with Crippen molar-refractivity contribution in [2.75, 3.05) is 0 Å². The standard InChI is InChI=1S/C9H4O/c10-8-4-6-3-5-1-2-7(8)9(5)6/h1-4H. The first-order chi connectivity index (χ1) is 4.86. The van der Waals surface area contributed by atoms with E-state index in [-0.39, 0.29) is 5.43 Å². The van der Waals surface area contributed by atoms with Gasteiger partial charge in [0.1, 0.15) is 0 Å². The van der Waals surface area contributed by atoms with Crippen molar-refractivity contribution in [2.45, 2.75) is 0 Å². The highest BCUT2D eigenvalue weighted by molar-refractivity contribution is 6.00. The summed E-state index contributed by atoms with van der Waals surface area (Å²) in [7, 11) is 0. The van der Waals surface area contributed by atoms with Crippen LogP contribution in [-0.2, 0) is 0 Å². The van der Waals surface area contributed by atoms with Gasteiger partial charge in [0.15, 0.2) is 5.43 Å². The van der Waals surface area contributed by atoms with E-state index in [9.17, 15) is 4.79 Å². The minimum Gasteiger partial charge on any atom is -0.289 e. The van der Waals surface area contributed by atoms with Crippen molar-refractivity contribution in [1.29, 1.82) is 0 Å². The van der Waals surface area contributed by atoms with Crippen LogP contribution < -0.4 is 5.43 Å². The van der Waals surface area contributed by atoms with Crippen LogP contribution in [0.3, 0.4) is 0 Å². The maximum atomic E-state index is 11.1. The highest BCUT2D eigenvalue weighted by Gasteiger charge is 2.23. The Labute approximate surface area is 57.6 Å². The van der Waals surface area contributed by atoms with Crippen molar-refractivity contribution in [3.8, 4) is 11.1 Å². The second kappa shape index (κ2) is 1.08. The molecule has 0 saturated heterocycles. The fourth-order valence-corrected chi connectivity index (χ4v) is 1.64. The Kier molecular flexibility index (Phi) is 0.480. The SMILES string of the molecule is O=c1cc2cc3c-2c1C=C3. The molecule has 0 bridgehead atoms. The van der Waals surface area contributed by atoms with Gasteiger partial charge in [-0.1, -0.05) is 6.08 Å². The van der Waals surface area contributed by atoms with Crippen LogP contribution in [-0.4, -0.2) is 0 Å². The molecule has 0 unspecified atom stereocenters. The zero-order valence-corrected chi connectivity index (χ0v) is 5.22. The first kappa shape index (κ1) is 4.45. The summed E-state index contributed by atoms with van der Waals surface area (Å²) in [6, 6.07) is 3.75. The average molecular weight is 128 g/mol. The molecule has 0 atom stereocenters. The second-order valence-electron chi connectivity index (χ2n) is 2.69. The predicted molar refractivity (Wildman–Crippen MR) is 40.6 cm³/mol. The minimum atomic E-state index is 0.171. The molecule has 0 heterocycles. The van der Waals surface area contributed by atoms with Gasteiger partial charge in [-0.2, -0.15) is 0 Å². The van der Waals surface area contributed by atoms with Crippen LogP contribution in [0.1, 0.15) is 11.1 Å². The lowest BCUT2D eigenvalue weighted by Gasteiger charge is -2.05. The van der Waals surface area contributed by atoms with Crippen LogP contribution in [0, 0.1) is 0 Å². The van der Waals surface area contributed by atoms with Crippen molar-refractivity contribution in [2.24, 2.45) is 0 Å². The largest absolute Gasteiger partial charge is 0.289 e. The third-order valence-electron chi connectivity index (χ3n) is 2.14. The number of hydrogen-bond donors (Lipinski definition) is 0. The molecular weight excluding hydrogens is 124 g/mol. The van der Waals surface area contributed by atoms with Crippen molar-refractivity contribution >= 4 is 12.2 Å². The third-order valence-corrected chi connectivity index (χ3v) is 2.14. The lowest BCUT2D eigenvalue weighted by atomic mass is 9.98. The molecule has 0 saturated carbocycles. The Morgan fingerprint density at radius 3 is 2.80 bits per heavy atom. The van der Waals surface area contributed by atoms with Crippen molar-refractivity contribution in [1.82, 2.24) is 0 Å². The zero-order valence-electron chi connectivity index (χ0n) is 5.22. The van der Waals surface area contributed by atoms with Crippen LogP contribution in [0.25, 0.3) is 23.3 Å². The van der Waals surface area contributed by atoms with E-state index in [1.165, 1.54) is 11.1 Å². The Balaban J connectivity index is 2.70. The third kappa shape index (κ3) is 0.275. The van der Waals surface area contributed by atoms with Gasteiger partial charge in [-0.25, -0.2) is 0 Å². The Morgan fingerprint density at radius 1 is 1.10 bits per heavy atom. The van der Waals surface area contributed by atoms with Gasteiger partial charge in [-0.3, -0.25) is 4.79 Å². The molecule has 0 amide bonds. The summed E-state index contributed by atoms with van der Waals surface area (Å²) in [5.41, 5.74) is 4.61. The topological polar surface area (TPSA) is 17.1 Å². The van der Waals surface area contributed by atoms with E-state index in [1.54, 1.807) is 6.07 Å². The molecule has 0 aliphatic heterocycles. The summed E-state index contributed by atoms with van der Waals surface area (Å²) in [5.74, 6) is 0. The normalized spacial score (nSPS) is 14.0. The van der Waals surface area contributed by atoms with Gasteiger partial charge in [0.05, 0.1) is 0 Å². The van der Waals surface area contributed by atoms with Gasteiger partial charge in [-0.15, -0.1) is 0 Å². The summed E-state index contributed by atoms with van der Waals surface area (Å²) in [6.07, 6.45) is 3.90. The molecule has 3 aliphatic rings. The number of hydrogen-bond acceptors (Lipinski definition) is 1. The van der Waals surface area contributed by atoms with Gasteiger partial charge in [0.2, 0.25) is 0 Å². The average Bonchev–Trinajstić information content (AvgIpc) is 2.27. The molecule has 0 N–H and O–H groups in total. The molecule has 10 heavy (non-hydrogen) atoms. The van der Waals surface area contributed by atoms with E-state index in [0.29, 0.717) is 0 Å². The van der Waals surface area contributed by atoms with Crippen LogP contribution >= 0.6 is 0 Å². The molecule has 0 aromatic carbocycles. The summed E-state index contributed by atoms with van der Waals surface area (Å²) >= 11 is 0. The monoisotopic (exact) mass is 128 g/mol. The molecule has 0 radical (unpaired) electrons. The van der Waals surface area contributed by atoms with Gasteiger partial charge >= 0.3 is 0 Å². The fourth-order valence-electron chi connectivity index (χ4n) is 1.64. The summed E-state index contributed by atoms with van der Waals surface area (Å²) in [5, 5.41) is 0. The molecule has 3 rings (SSSR count). The van der Waals surface area contributed by atoms with E-state index >= 15 is 0 Å². The van der Waals surface area contributed by atoms with Crippen LogP contribution in [0.2, 0.25) is 0 Å². The van der Waals surface area contributed by atoms with E-state index in [4.69, 9.17) is 0 Å². The molecular formula is C9H4O. The molecule has 0 spiro atoms. The maximum Gasteiger partial charge on any atom is 0.187 e. The van der Waals surface area contributed by atoms with E-state index in [0.717, 1.165) is 11.1 Å². The highest BCUT2D eigenvalue weighted by Crippen LogP contribution is 2.40. The van der Waals surface area contributed by atoms with Gasteiger partial charge in [-0.05, 0) is 29.3 Å². The van der Waals surface area contributed by atoms with E-state index in [2.05, 4.69) is 0 Å². The molecule has 3 aliphatic carbocycles. The van der Waals surface area contributed by atoms with Gasteiger partial charge in [0.25, 0.3) is 0 Å². The van der Waals surface area contributed by atoms with Crippen molar-refractivity contribution in [3.63, 3.8) is 0 Å². The van der Waals surface area contributed by atoms with Gasteiger partial charge < -0.3 is 0 Å². The lowest BCUT2D eigenvalue weighted by molar-refractivity contribution is 1.65. The zero-order chi connectivity index (χ0) is 6.72. The van der Waals surface area contributed by atoms with Crippen LogP contribution in [0.5, 0.6) is 0 Å². The molecule has 0 fully saturated rings. The highest BCUT2D eigenvalue weighted by atomic mass is 16.1. The molecule has 1 nitrogen and oxygen atoms in total. The quantitative estimate of drug-likeness (QED) is 0.448. The Bertz CT molecular complexity index is 428. The van der Waals surface area contributed by atoms with E-state index in [1.807, 2.05) is 18.2 Å². The fraction of sp³-hybridized carbons (Fsp3) is 0. The van der Waals surface area contributed by atoms with Crippen molar-refractivity contribution < 1.29 is 0 Å². The molecule has 0 aromatic rings. The molecule has 1 heteroatoms. The van der Waals surface area contributed by atoms with Gasteiger partial charge in [0, 0.05) is 11.1 Å². The second-order valence-corrected chi connectivity index (χ2v) is 2.69. The van der Waals surface area contributed by atoms with Crippen LogP contribution in [0.4, 0.5) is 0 Å². The Morgan fingerprint density at radius 2 is 2.00 bits per heavy atom. The smallest absolute Gasteiger partial charge is 0.187 e. The Hall–Kier alpha value is -1.37. The van der Waals surface area contributed by atoms with E-state index < -0.39 is 0 Å². The molecule has 46 valence electrons. The summed E-state index contributed by atoms with van der Waals surface area (Å²) < 4.78 is 0. The number of rotatable bonds is 0. The lowest BCUT2D eigenvalue weighted by Crippen LogP contribution is -1.92. The van der Waals surface area contributed by atoms with Crippen molar-refractivity contribution in [3.05, 3.63) is 33.5 Å². The predicted octanol–water partition coefficient (Wildman–Crippen LogP) is 1.51. The first-order valence-corrected chi connectivity index (χ1v) is 3.27. The summed E-state index contributed by atoms with van der Waals surface area (Å²) in [6.45, 7) is 0. The maximum absolute atomic E-state index is 11.1.